The second-order valence-electron chi connectivity index (χ2n) is 8.19. The molecule has 1 fully saturated rings. The number of ether oxygens (including phenoxy) is 2. The third kappa shape index (κ3) is 5.03. The molecule has 2 amide bonds. The Morgan fingerprint density at radius 1 is 1.06 bits per heavy atom. The molecule has 1 saturated heterocycles. The normalized spacial score (nSPS) is 15.0. The molecule has 9 heteroatoms. The topological polar surface area (TPSA) is 107 Å². The van der Waals surface area contributed by atoms with E-state index in [1.807, 2.05) is 12.1 Å². The van der Waals surface area contributed by atoms with Crippen LogP contribution in [0.2, 0.25) is 0 Å². The van der Waals surface area contributed by atoms with E-state index in [1.54, 1.807) is 62.4 Å². The molecule has 0 spiro atoms. The van der Waals surface area contributed by atoms with Gasteiger partial charge in [0.05, 0.1) is 14.2 Å². The maximum atomic E-state index is 12.8. The summed E-state index contributed by atoms with van der Waals surface area (Å²) < 4.78 is 16.2. The van der Waals surface area contributed by atoms with Crippen LogP contribution < -0.4 is 14.8 Å². The fourth-order valence-electron chi connectivity index (χ4n) is 4.05. The molecule has 1 aliphatic rings. The van der Waals surface area contributed by atoms with Gasteiger partial charge in [-0.2, -0.15) is 4.98 Å². The van der Waals surface area contributed by atoms with Crippen molar-refractivity contribution in [2.75, 3.05) is 27.3 Å². The van der Waals surface area contributed by atoms with Crippen molar-refractivity contribution >= 4 is 11.8 Å². The molecule has 3 aromatic rings. The third-order valence-electron chi connectivity index (χ3n) is 5.99. The van der Waals surface area contributed by atoms with Gasteiger partial charge in [-0.3, -0.25) is 9.59 Å². The molecule has 9 nitrogen and oxygen atoms in total. The summed E-state index contributed by atoms with van der Waals surface area (Å²) in [5.41, 5.74) is 1.30. The lowest BCUT2D eigenvalue weighted by molar-refractivity contribution is -0.134. The van der Waals surface area contributed by atoms with Crippen LogP contribution in [0.1, 0.15) is 41.9 Å². The number of aromatic nitrogens is 2. The fourth-order valence-corrected chi connectivity index (χ4v) is 4.05. The van der Waals surface area contributed by atoms with Crippen LogP contribution in [-0.2, 0) is 4.79 Å². The molecule has 0 saturated carbocycles. The maximum Gasteiger partial charge on any atom is 0.251 e. The number of hydrogen-bond donors (Lipinski definition) is 1. The number of likely N-dealkylation sites (tertiary alicyclic amines) is 1. The van der Waals surface area contributed by atoms with E-state index in [0.29, 0.717) is 54.7 Å². The molecule has 0 unspecified atom stereocenters. The van der Waals surface area contributed by atoms with Gasteiger partial charge in [-0.1, -0.05) is 23.4 Å². The van der Waals surface area contributed by atoms with Crippen LogP contribution in [0.5, 0.6) is 11.5 Å². The first-order valence-corrected chi connectivity index (χ1v) is 11.2. The van der Waals surface area contributed by atoms with Crippen molar-refractivity contribution in [2.24, 2.45) is 0 Å². The van der Waals surface area contributed by atoms with E-state index in [-0.39, 0.29) is 17.7 Å². The average Bonchev–Trinajstić information content (AvgIpc) is 3.38. The summed E-state index contributed by atoms with van der Waals surface area (Å²) in [5, 5.41) is 6.91. The Morgan fingerprint density at radius 3 is 2.44 bits per heavy atom. The minimum Gasteiger partial charge on any atom is -0.493 e. The molecular formula is C25H28N4O5. The van der Waals surface area contributed by atoms with Gasteiger partial charge in [0.1, 0.15) is 6.04 Å². The zero-order chi connectivity index (χ0) is 24.1. The molecule has 4 rings (SSSR count). The SMILES string of the molecule is COc1ccc(-c2noc(C3CCN(C(=O)[C@H](C)NC(=O)c4ccccc4)CC3)n2)cc1OC. The van der Waals surface area contributed by atoms with Crippen molar-refractivity contribution in [3.05, 3.63) is 60.0 Å². The second kappa shape index (κ2) is 10.4. The molecule has 0 aliphatic carbocycles. The van der Waals surface area contributed by atoms with E-state index in [0.717, 1.165) is 5.56 Å². The van der Waals surface area contributed by atoms with E-state index in [2.05, 4.69) is 15.5 Å². The molecule has 2 heterocycles. The van der Waals surface area contributed by atoms with Crippen LogP contribution in [0.15, 0.2) is 53.1 Å². The summed E-state index contributed by atoms with van der Waals surface area (Å²) in [5.74, 6) is 1.96. The Labute approximate surface area is 198 Å². The highest BCUT2D eigenvalue weighted by Crippen LogP contribution is 2.33. The number of hydrogen-bond acceptors (Lipinski definition) is 7. The van der Waals surface area contributed by atoms with E-state index >= 15 is 0 Å². The van der Waals surface area contributed by atoms with Gasteiger partial charge in [-0.25, -0.2) is 0 Å². The van der Waals surface area contributed by atoms with Crippen LogP contribution in [0.25, 0.3) is 11.4 Å². The van der Waals surface area contributed by atoms with Crippen LogP contribution >= 0.6 is 0 Å². The van der Waals surface area contributed by atoms with Crippen molar-refractivity contribution in [1.82, 2.24) is 20.4 Å². The van der Waals surface area contributed by atoms with Crippen molar-refractivity contribution < 1.29 is 23.6 Å². The number of rotatable bonds is 7. The van der Waals surface area contributed by atoms with Gasteiger partial charge in [0, 0.05) is 30.1 Å². The third-order valence-corrected chi connectivity index (χ3v) is 5.99. The fraction of sp³-hybridized carbons (Fsp3) is 0.360. The molecule has 178 valence electrons. The van der Waals surface area contributed by atoms with E-state index in [4.69, 9.17) is 14.0 Å². The monoisotopic (exact) mass is 464 g/mol. The Balaban J connectivity index is 1.34. The zero-order valence-electron chi connectivity index (χ0n) is 19.5. The number of piperidine rings is 1. The average molecular weight is 465 g/mol. The highest BCUT2D eigenvalue weighted by molar-refractivity contribution is 5.97. The largest absolute Gasteiger partial charge is 0.493 e. The Hall–Kier alpha value is -3.88. The van der Waals surface area contributed by atoms with Crippen molar-refractivity contribution in [2.45, 2.75) is 31.7 Å². The van der Waals surface area contributed by atoms with Crippen LogP contribution in [0, 0.1) is 0 Å². The lowest BCUT2D eigenvalue weighted by Gasteiger charge is -2.32. The number of methoxy groups -OCH3 is 2. The standard InChI is InChI=1S/C25H28N4O5/c1-16(26-23(30)17-7-5-4-6-8-17)25(31)29-13-11-18(12-14-29)24-27-22(28-34-24)19-9-10-20(32-2)21(15-19)33-3/h4-10,15-16,18H,11-14H2,1-3H3,(H,26,30)/t16-/m0/s1. The minimum absolute atomic E-state index is 0.0691. The molecule has 0 radical (unpaired) electrons. The van der Waals surface area contributed by atoms with Crippen LogP contribution in [0.4, 0.5) is 0 Å². The molecule has 1 atom stereocenters. The van der Waals surface area contributed by atoms with E-state index in [1.165, 1.54) is 0 Å². The molecule has 1 N–H and O–H groups in total. The minimum atomic E-state index is -0.607. The maximum absolute atomic E-state index is 12.8. The van der Waals surface area contributed by atoms with Gasteiger partial charge < -0.3 is 24.2 Å². The van der Waals surface area contributed by atoms with E-state index in [9.17, 15) is 9.59 Å². The number of benzene rings is 2. The van der Waals surface area contributed by atoms with Gasteiger partial charge >= 0.3 is 0 Å². The van der Waals surface area contributed by atoms with Crippen molar-refractivity contribution in [3.63, 3.8) is 0 Å². The van der Waals surface area contributed by atoms with Gasteiger partial charge in [-0.15, -0.1) is 0 Å². The van der Waals surface area contributed by atoms with Crippen molar-refractivity contribution in [1.29, 1.82) is 0 Å². The number of carbonyl (C=O) groups is 2. The first-order valence-electron chi connectivity index (χ1n) is 11.2. The smallest absolute Gasteiger partial charge is 0.251 e. The summed E-state index contributed by atoms with van der Waals surface area (Å²) >= 11 is 0. The van der Waals surface area contributed by atoms with Gasteiger partial charge in [0.15, 0.2) is 11.5 Å². The summed E-state index contributed by atoms with van der Waals surface area (Å²) in [6.07, 6.45) is 1.41. The van der Waals surface area contributed by atoms with Gasteiger partial charge in [-0.05, 0) is 50.1 Å². The van der Waals surface area contributed by atoms with Gasteiger partial charge in [0.25, 0.3) is 5.91 Å². The summed E-state index contributed by atoms with van der Waals surface area (Å²) in [6.45, 7) is 2.83. The molecule has 1 aliphatic heterocycles. The highest BCUT2D eigenvalue weighted by atomic mass is 16.5. The van der Waals surface area contributed by atoms with Crippen LogP contribution in [-0.4, -0.2) is 60.2 Å². The summed E-state index contributed by atoms with van der Waals surface area (Å²) in [4.78, 5) is 31.6. The van der Waals surface area contributed by atoms with E-state index < -0.39 is 6.04 Å². The second-order valence-corrected chi connectivity index (χ2v) is 8.19. The number of amides is 2. The number of nitrogens with one attached hydrogen (secondary N) is 1. The molecular weight excluding hydrogens is 436 g/mol. The predicted molar refractivity (Wildman–Crippen MR) is 125 cm³/mol. The Morgan fingerprint density at radius 2 is 1.76 bits per heavy atom. The lowest BCUT2D eigenvalue weighted by atomic mass is 9.96. The number of carbonyl (C=O) groups excluding carboxylic acids is 2. The summed E-state index contributed by atoms with van der Waals surface area (Å²) in [7, 11) is 3.16. The van der Waals surface area contributed by atoms with Gasteiger partial charge in [0.2, 0.25) is 17.6 Å². The predicted octanol–water partition coefficient (Wildman–Crippen LogP) is 3.28. The first-order chi connectivity index (χ1) is 16.5. The first kappa shape index (κ1) is 23.3. The van der Waals surface area contributed by atoms with Crippen molar-refractivity contribution in [3.8, 4) is 22.9 Å². The Kier molecular flexibility index (Phi) is 7.10. The summed E-state index contributed by atoms with van der Waals surface area (Å²) in [6, 6.07) is 13.7. The molecule has 2 aromatic carbocycles. The highest BCUT2D eigenvalue weighted by Gasteiger charge is 2.30. The molecule has 34 heavy (non-hydrogen) atoms. The lowest BCUT2D eigenvalue weighted by Crippen LogP contribution is -2.49. The quantitative estimate of drug-likeness (QED) is 0.572. The Bertz CT molecular complexity index is 1140. The zero-order valence-corrected chi connectivity index (χ0v) is 19.5. The molecule has 1 aromatic heterocycles. The van der Waals surface area contributed by atoms with Crippen LogP contribution in [0.3, 0.4) is 0 Å². The number of nitrogens with zero attached hydrogens (tertiary/aromatic N) is 3. The molecule has 0 bridgehead atoms.